The first kappa shape index (κ1) is 21.3. The number of fused-ring (bicyclic) bond motifs is 1. The number of hydrogen-bond donors (Lipinski definition) is 0. The number of piperidine rings is 1. The molecular formula is C29H36N3O+. The van der Waals surface area contributed by atoms with E-state index in [0.717, 1.165) is 37.3 Å². The molecule has 0 unspecified atom stereocenters. The zero-order valence-electron chi connectivity index (χ0n) is 19.7. The third kappa shape index (κ3) is 4.09. The van der Waals surface area contributed by atoms with Crippen LogP contribution in [0.15, 0.2) is 54.9 Å². The monoisotopic (exact) mass is 442 g/mol. The Kier molecular flexibility index (Phi) is 5.91. The van der Waals surface area contributed by atoms with E-state index in [1.165, 1.54) is 84.8 Å². The highest BCUT2D eigenvalue weighted by atomic mass is 16.7. The molecule has 0 N–H and O–H groups in total. The Balaban J connectivity index is 1.03. The summed E-state index contributed by atoms with van der Waals surface area (Å²) in [6, 6.07) is 15.6. The molecule has 1 fully saturated rings. The predicted octanol–water partition coefficient (Wildman–Crippen LogP) is 5.64. The summed E-state index contributed by atoms with van der Waals surface area (Å²) in [5.74, 6) is 0.631. The molecule has 4 nitrogen and oxygen atoms in total. The summed E-state index contributed by atoms with van der Waals surface area (Å²) in [6.07, 6.45) is 12.6. The van der Waals surface area contributed by atoms with Crippen LogP contribution >= 0.6 is 0 Å². The van der Waals surface area contributed by atoms with Crippen LogP contribution in [0.3, 0.4) is 0 Å². The van der Waals surface area contributed by atoms with Crippen LogP contribution in [0.25, 0.3) is 10.8 Å². The van der Waals surface area contributed by atoms with E-state index in [1.807, 2.05) is 6.20 Å². The number of pyridine rings is 1. The van der Waals surface area contributed by atoms with E-state index in [1.54, 1.807) is 0 Å². The molecule has 1 aromatic heterocycles. The van der Waals surface area contributed by atoms with Crippen molar-refractivity contribution in [2.24, 2.45) is 0 Å². The minimum atomic E-state index is 0.631. The minimum Gasteiger partial charge on any atom is -0.303 e. The van der Waals surface area contributed by atoms with Gasteiger partial charge in [-0.3, -0.25) is 4.98 Å². The maximum atomic E-state index is 6.71. The Morgan fingerprint density at radius 1 is 0.909 bits per heavy atom. The fraction of sp³-hybridized carbons (Fsp3) is 0.483. The Bertz CT molecular complexity index is 1090. The number of hydroxylamine groups is 2. The van der Waals surface area contributed by atoms with E-state index in [2.05, 4.69) is 58.5 Å². The maximum absolute atomic E-state index is 6.71. The Morgan fingerprint density at radius 2 is 1.67 bits per heavy atom. The number of quaternary nitrogens is 1. The molecule has 0 amide bonds. The van der Waals surface area contributed by atoms with Crippen LogP contribution in [-0.4, -0.2) is 49.2 Å². The molecule has 0 bridgehead atoms. The number of benzene rings is 2. The highest BCUT2D eigenvalue weighted by Crippen LogP contribution is 2.41. The number of rotatable bonds is 6. The van der Waals surface area contributed by atoms with Crippen LogP contribution in [0.4, 0.5) is 5.69 Å². The van der Waals surface area contributed by atoms with Crippen molar-refractivity contribution >= 4 is 16.5 Å². The lowest BCUT2D eigenvalue weighted by Crippen LogP contribution is -2.55. The third-order valence-electron chi connectivity index (χ3n) is 8.23. The van der Waals surface area contributed by atoms with Crippen LogP contribution in [0.1, 0.15) is 54.7 Å². The number of nitrogens with zero attached hydrogens (tertiary/aromatic N) is 3. The molecule has 2 aromatic carbocycles. The molecule has 3 aliphatic rings. The molecule has 1 saturated heterocycles. The van der Waals surface area contributed by atoms with Gasteiger partial charge in [-0.2, -0.15) is 4.84 Å². The number of hydrogen-bond acceptors (Lipinski definition) is 3. The molecule has 3 aromatic rings. The van der Waals surface area contributed by atoms with E-state index < -0.39 is 0 Å². The predicted molar refractivity (Wildman–Crippen MR) is 135 cm³/mol. The lowest BCUT2D eigenvalue weighted by atomic mass is 9.87. The van der Waals surface area contributed by atoms with Crippen molar-refractivity contribution in [3.8, 4) is 0 Å². The van der Waals surface area contributed by atoms with Gasteiger partial charge in [-0.15, -0.1) is 4.65 Å². The summed E-state index contributed by atoms with van der Waals surface area (Å²) < 4.78 is 0.793. The van der Waals surface area contributed by atoms with Crippen molar-refractivity contribution in [3.63, 3.8) is 0 Å². The zero-order valence-corrected chi connectivity index (χ0v) is 19.7. The molecular weight excluding hydrogens is 406 g/mol. The van der Waals surface area contributed by atoms with Crippen LogP contribution < -0.4 is 4.65 Å². The van der Waals surface area contributed by atoms with E-state index in [4.69, 9.17) is 4.84 Å². The van der Waals surface area contributed by atoms with Crippen molar-refractivity contribution in [1.82, 2.24) is 14.5 Å². The first-order valence-corrected chi connectivity index (χ1v) is 13.0. The molecule has 172 valence electrons. The second-order valence-corrected chi connectivity index (χ2v) is 10.2. The summed E-state index contributed by atoms with van der Waals surface area (Å²) in [6.45, 7) is 6.67. The zero-order chi connectivity index (χ0) is 22.1. The Labute approximate surface area is 197 Å². The van der Waals surface area contributed by atoms with Gasteiger partial charge in [0.15, 0.2) is 5.69 Å². The van der Waals surface area contributed by atoms with Gasteiger partial charge in [0.05, 0.1) is 0 Å². The average Bonchev–Trinajstić information content (AvgIpc) is 2.87. The normalized spacial score (nSPS) is 20.6. The molecule has 4 heteroatoms. The summed E-state index contributed by atoms with van der Waals surface area (Å²) in [4.78, 5) is 13.9. The van der Waals surface area contributed by atoms with Gasteiger partial charge < -0.3 is 4.90 Å². The Hall–Kier alpha value is -2.27. The van der Waals surface area contributed by atoms with Gasteiger partial charge in [0.2, 0.25) is 0 Å². The van der Waals surface area contributed by atoms with Crippen molar-refractivity contribution in [2.75, 3.05) is 39.3 Å². The molecule has 0 radical (unpaired) electrons. The molecule has 0 atom stereocenters. The van der Waals surface area contributed by atoms with Crippen molar-refractivity contribution in [2.45, 2.75) is 50.9 Å². The first-order valence-electron chi connectivity index (χ1n) is 13.0. The number of para-hydroxylation sites is 1. The summed E-state index contributed by atoms with van der Waals surface area (Å²) in [5.41, 5.74) is 6.02. The van der Waals surface area contributed by atoms with Gasteiger partial charge in [0.1, 0.15) is 19.7 Å². The van der Waals surface area contributed by atoms with Crippen LogP contribution in [0.2, 0.25) is 0 Å². The van der Waals surface area contributed by atoms with Crippen molar-refractivity contribution in [1.29, 1.82) is 0 Å². The fourth-order valence-electron chi connectivity index (χ4n) is 6.61. The second kappa shape index (κ2) is 9.17. The molecule has 0 aliphatic carbocycles. The minimum absolute atomic E-state index is 0.631. The maximum Gasteiger partial charge on any atom is 0.171 e. The number of aromatic nitrogens is 1. The summed E-state index contributed by atoms with van der Waals surface area (Å²) in [7, 11) is 0. The van der Waals surface area contributed by atoms with E-state index in [9.17, 15) is 0 Å². The molecule has 0 saturated carbocycles. The van der Waals surface area contributed by atoms with Gasteiger partial charge in [0, 0.05) is 48.3 Å². The van der Waals surface area contributed by atoms with Crippen LogP contribution in [0, 0.1) is 0 Å². The van der Waals surface area contributed by atoms with E-state index in [0.29, 0.717) is 5.92 Å². The van der Waals surface area contributed by atoms with Crippen LogP contribution in [-0.2, 0) is 17.7 Å². The first-order chi connectivity index (χ1) is 16.3. The second-order valence-electron chi connectivity index (χ2n) is 10.2. The van der Waals surface area contributed by atoms with Gasteiger partial charge >= 0.3 is 0 Å². The highest BCUT2D eigenvalue weighted by molar-refractivity contribution is 5.85. The van der Waals surface area contributed by atoms with E-state index >= 15 is 0 Å². The van der Waals surface area contributed by atoms with Gasteiger partial charge in [-0.1, -0.05) is 42.5 Å². The highest BCUT2D eigenvalue weighted by Gasteiger charge is 2.42. The number of aryl methyl sites for hydroxylation is 2. The smallest absolute Gasteiger partial charge is 0.171 e. The number of likely N-dealkylation sites (tertiary alicyclic amines) is 1. The van der Waals surface area contributed by atoms with E-state index in [-0.39, 0.29) is 0 Å². The van der Waals surface area contributed by atoms with Crippen molar-refractivity contribution < 1.29 is 4.84 Å². The lowest BCUT2D eigenvalue weighted by molar-refractivity contribution is -0.157. The summed E-state index contributed by atoms with van der Waals surface area (Å²) >= 11 is 0. The SMILES string of the molecule is c1cc2c3c(c1)CCC[N+]3(OCCCN1CCC(c3cncc4ccccc34)CC1)CCC2. The van der Waals surface area contributed by atoms with Gasteiger partial charge in [0.25, 0.3) is 0 Å². The molecule has 4 heterocycles. The van der Waals surface area contributed by atoms with Crippen LogP contribution in [0.5, 0.6) is 0 Å². The average molecular weight is 443 g/mol. The lowest BCUT2D eigenvalue weighted by Gasteiger charge is -2.42. The molecule has 3 aliphatic heterocycles. The van der Waals surface area contributed by atoms with Crippen molar-refractivity contribution in [3.05, 3.63) is 71.5 Å². The molecule has 6 rings (SSSR count). The van der Waals surface area contributed by atoms with Gasteiger partial charge in [-0.25, -0.2) is 0 Å². The third-order valence-corrected chi connectivity index (χ3v) is 8.23. The summed E-state index contributed by atoms with van der Waals surface area (Å²) in [5, 5.41) is 2.65. The fourth-order valence-corrected chi connectivity index (χ4v) is 6.61. The van der Waals surface area contributed by atoms with Gasteiger partial charge in [-0.05, 0) is 62.1 Å². The molecule has 33 heavy (non-hydrogen) atoms. The molecule has 0 spiro atoms. The Morgan fingerprint density at radius 3 is 2.45 bits per heavy atom. The quantitative estimate of drug-likeness (QED) is 0.365. The largest absolute Gasteiger partial charge is 0.303 e. The standard InChI is InChI=1S/C29H36N3O/c1-2-12-27-26(7-1)21-30-22-28(27)23-13-16-31(17-14-23)15-6-20-33-32-18-4-10-24-8-3-9-25(29(24)32)11-5-19-32/h1-3,7-9,12,21-23H,4-6,10-11,13-20H2/q+1. The topological polar surface area (TPSA) is 25.4 Å².